The van der Waals surface area contributed by atoms with E-state index in [0.717, 1.165) is 26.7 Å². The van der Waals surface area contributed by atoms with Crippen LogP contribution in [0, 0.1) is 0 Å². The standard InChI is InChI=1S/C17H11Cl2N3OS/c18-12-2-1-3-13(19)16(12)22-17-20-8-11(24-17)6-10-4-5-14-15(7-10)23-9-21-14/h1-7,9H,8H2,(H,20,22)/b11-6-. The normalized spacial score (nSPS) is 15.9. The molecule has 1 aromatic heterocycles. The van der Waals surface area contributed by atoms with E-state index in [0.29, 0.717) is 22.3 Å². The summed E-state index contributed by atoms with van der Waals surface area (Å²) in [6.07, 6.45) is 3.53. The van der Waals surface area contributed by atoms with E-state index in [9.17, 15) is 0 Å². The van der Waals surface area contributed by atoms with E-state index >= 15 is 0 Å². The summed E-state index contributed by atoms with van der Waals surface area (Å²) < 4.78 is 5.33. The van der Waals surface area contributed by atoms with E-state index in [4.69, 9.17) is 27.6 Å². The van der Waals surface area contributed by atoms with Gasteiger partial charge in [-0.25, -0.2) is 4.98 Å². The molecule has 2 aromatic carbocycles. The van der Waals surface area contributed by atoms with Crippen molar-refractivity contribution in [1.29, 1.82) is 0 Å². The summed E-state index contributed by atoms with van der Waals surface area (Å²) in [5.74, 6) is 0. The molecule has 0 saturated heterocycles. The van der Waals surface area contributed by atoms with E-state index in [1.165, 1.54) is 6.39 Å². The highest BCUT2D eigenvalue weighted by Crippen LogP contribution is 2.34. The minimum Gasteiger partial charge on any atom is -0.443 e. The number of nitrogens with one attached hydrogen (secondary N) is 1. The molecule has 0 bridgehead atoms. The molecule has 0 amide bonds. The SMILES string of the molecule is Clc1cccc(Cl)c1NC1=NC/C(=C/c2ccc3ncoc3c2)S1. The minimum atomic E-state index is 0.569. The number of aliphatic imine (C=N–C) groups is 1. The van der Waals surface area contributed by atoms with Crippen molar-refractivity contribution in [1.82, 2.24) is 4.98 Å². The van der Waals surface area contributed by atoms with Gasteiger partial charge in [-0.15, -0.1) is 0 Å². The Balaban J connectivity index is 1.51. The van der Waals surface area contributed by atoms with Gasteiger partial charge in [0.2, 0.25) is 0 Å². The fraction of sp³-hybridized carbons (Fsp3) is 0.0588. The van der Waals surface area contributed by atoms with Crippen LogP contribution in [0.5, 0.6) is 0 Å². The third-order valence-corrected chi connectivity index (χ3v) is 5.05. The van der Waals surface area contributed by atoms with Crippen molar-refractivity contribution in [3.8, 4) is 0 Å². The lowest BCUT2D eigenvalue weighted by Crippen LogP contribution is -2.05. The summed E-state index contributed by atoms with van der Waals surface area (Å²) in [7, 11) is 0. The van der Waals surface area contributed by atoms with Crippen molar-refractivity contribution in [2.45, 2.75) is 0 Å². The quantitative estimate of drug-likeness (QED) is 0.624. The van der Waals surface area contributed by atoms with Gasteiger partial charge in [0.1, 0.15) is 5.52 Å². The molecule has 0 fully saturated rings. The van der Waals surface area contributed by atoms with E-state index in [2.05, 4.69) is 21.4 Å². The third kappa shape index (κ3) is 3.15. The number of rotatable bonds is 2. The summed E-state index contributed by atoms with van der Waals surface area (Å²) in [5, 5.41) is 5.11. The number of hydrogen-bond acceptors (Lipinski definition) is 5. The lowest BCUT2D eigenvalue weighted by molar-refractivity contribution is 0.602. The molecule has 0 saturated carbocycles. The van der Waals surface area contributed by atoms with Gasteiger partial charge in [-0.05, 0) is 35.9 Å². The van der Waals surface area contributed by atoms with Gasteiger partial charge in [0.05, 0.1) is 22.3 Å². The van der Waals surface area contributed by atoms with Crippen LogP contribution in [-0.4, -0.2) is 16.7 Å². The van der Waals surface area contributed by atoms with Gasteiger partial charge in [-0.2, -0.15) is 0 Å². The number of aromatic nitrogens is 1. The first kappa shape index (κ1) is 15.6. The fourth-order valence-electron chi connectivity index (χ4n) is 2.35. The molecule has 0 unspecified atom stereocenters. The Kier molecular flexibility index (Phi) is 4.22. The molecule has 4 rings (SSSR count). The van der Waals surface area contributed by atoms with Crippen molar-refractivity contribution in [2.75, 3.05) is 11.9 Å². The van der Waals surface area contributed by atoms with Crippen LogP contribution >= 0.6 is 35.0 Å². The number of anilines is 1. The Hall–Kier alpha value is -1.95. The number of oxazole rings is 1. The van der Waals surface area contributed by atoms with Crippen molar-refractivity contribution >= 4 is 63.0 Å². The van der Waals surface area contributed by atoms with Crippen molar-refractivity contribution in [3.63, 3.8) is 0 Å². The zero-order chi connectivity index (χ0) is 16.5. The molecule has 0 radical (unpaired) electrons. The molecular weight excluding hydrogens is 365 g/mol. The Labute approximate surface area is 152 Å². The van der Waals surface area contributed by atoms with Gasteiger partial charge >= 0.3 is 0 Å². The van der Waals surface area contributed by atoms with Crippen LogP contribution in [0.2, 0.25) is 10.0 Å². The summed E-state index contributed by atoms with van der Waals surface area (Å²) in [6.45, 7) is 0.615. The third-order valence-electron chi connectivity index (χ3n) is 3.48. The average Bonchev–Trinajstić information content (AvgIpc) is 3.20. The summed E-state index contributed by atoms with van der Waals surface area (Å²) >= 11 is 13.9. The molecule has 4 nitrogen and oxygen atoms in total. The number of thioether (sulfide) groups is 1. The summed E-state index contributed by atoms with van der Waals surface area (Å²) in [6, 6.07) is 11.3. The lowest BCUT2D eigenvalue weighted by atomic mass is 10.2. The topological polar surface area (TPSA) is 50.4 Å². The molecule has 120 valence electrons. The maximum atomic E-state index is 6.18. The Morgan fingerprint density at radius 3 is 2.83 bits per heavy atom. The number of hydrogen-bond donors (Lipinski definition) is 1. The molecule has 1 N–H and O–H groups in total. The second kappa shape index (κ2) is 6.51. The van der Waals surface area contributed by atoms with Gasteiger partial charge in [0.15, 0.2) is 17.1 Å². The van der Waals surface area contributed by atoms with Gasteiger partial charge in [-0.1, -0.05) is 47.1 Å². The number of nitrogens with zero attached hydrogens (tertiary/aromatic N) is 2. The molecule has 7 heteroatoms. The average molecular weight is 376 g/mol. The first-order valence-corrected chi connectivity index (χ1v) is 8.73. The van der Waals surface area contributed by atoms with Gasteiger partial charge in [0.25, 0.3) is 0 Å². The van der Waals surface area contributed by atoms with Crippen LogP contribution in [0.3, 0.4) is 0 Å². The molecule has 24 heavy (non-hydrogen) atoms. The molecular formula is C17H11Cl2N3OS. The predicted octanol–water partition coefficient (Wildman–Crippen LogP) is 5.69. The molecule has 1 aliphatic rings. The van der Waals surface area contributed by atoms with Crippen molar-refractivity contribution in [3.05, 3.63) is 63.3 Å². The van der Waals surface area contributed by atoms with Gasteiger partial charge in [-0.3, -0.25) is 4.99 Å². The largest absolute Gasteiger partial charge is 0.443 e. The number of fused-ring (bicyclic) bond motifs is 1. The molecule has 2 heterocycles. The number of halogens is 2. The van der Waals surface area contributed by atoms with E-state index < -0.39 is 0 Å². The van der Waals surface area contributed by atoms with E-state index in [-0.39, 0.29) is 0 Å². The smallest absolute Gasteiger partial charge is 0.181 e. The molecule has 0 spiro atoms. The van der Waals surface area contributed by atoms with E-state index in [1.54, 1.807) is 23.9 Å². The number of amidine groups is 1. The summed E-state index contributed by atoms with van der Waals surface area (Å²) in [5.41, 5.74) is 3.35. The van der Waals surface area contributed by atoms with Crippen molar-refractivity contribution in [2.24, 2.45) is 4.99 Å². The lowest BCUT2D eigenvalue weighted by Gasteiger charge is -2.09. The van der Waals surface area contributed by atoms with Crippen LogP contribution in [0.1, 0.15) is 5.56 Å². The number of para-hydroxylation sites is 1. The first-order chi connectivity index (χ1) is 11.7. The fourth-order valence-corrected chi connectivity index (χ4v) is 3.70. The molecule has 0 atom stereocenters. The second-order valence-electron chi connectivity index (χ2n) is 5.14. The first-order valence-electron chi connectivity index (χ1n) is 7.16. The molecule has 0 aliphatic carbocycles. The van der Waals surface area contributed by atoms with Crippen LogP contribution in [0.15, 0.2) is 57.1 Å². The van der Waals surface area contributed by atoms with Crippen LogP contribution in [0.25, 0.3) is 17.2 Å². The zero-order valence-corrected chi connectivity index (χ0v) is 14.6. The monoisotopic (exact) mass is 375 g/mol. The highest BCUT2D eigenvalue weighted by Gasteiger charge is 2.16. The van der Waals surface area contributed by atoms with Crippen LogP contribution in [-0.2, 0) is 0 Å². The Morgan fingerprint density at radius 2 is 2.00 bits per heavy atom. The number of benzene rings is 2. The highest BCUT2D eigenvalue weighted by molar-refractivity contribution is 8.17. The maximum Gasteiger partial charge on any atom is 0.181 e. The predicted molar refractivity (Wildman–Crippen MR) is 102 cm³/mol. The summed E-state index contributed by atoms with van der Waals surface area (Å²) in [4.78, 5) is 9.73. The Morgan fingerprint density at radius 1 is 1.17 bits per heavy atom. The van der Waals surface area contributed by atoms with Gasteiger partial charge < -0.3 is 9.73 Å². The zero-order valence-electron chi connectivity index (χ0n) is 12.3. The molecule has 3 aromatic rings. The van der Waals surface area contributed by atoms with E-state index in [1.807, 2.05) is 24.3 Å². The molecule has 1 aliphatic heterocycles. The van der Waals surface area contributed by atoms with Gasteiger partial charge in [0, 0.05) is 4.91 Å². The van der Waals surface area contributed by atoms with Crippen molar-refractivity contribution < 1.29 is 4.42 Å². The maximum absolute atomic E-state index is 6.18. The Bertz CT molecular complexity index is 961. The minimum absolute atomic E-state index is 0.569. The van der Waals surface area contributed by atoms with Crippen LogP contribution in [0.4, 0.5) is 5.69 Å². The van der Waals surface area contributed by atoms with Crippen LogP contribution < -0.4 is 5.32 Å². The highest BCUT2D eigenvalue weighted by atomic mass is 35.5. The second-order valence-corrected chi connectivity index (χ2v) is 7.06.